The van der Waals surface area contributed by atoms with E-state index < -0.39 is 0 Å². The standard InChI is InChI=1S/C16H10O3/c17-13-2-4-15-12(8-13)9-16(19-15)10-1-3-14-11(7-10)5-6-18-14/h1-9,17H. The van der Waals surface area contributed by atoms with Gasteiger partial charge in [-0.05, 0) is 48.5 Å². The third-order valence-corrected chi connectivity index (χ3v) is 3.24. The second-order valence-electron chi connectivity index (χ2n) is 4.51. The second kappa shape index (κ2) is 3.65. The maximum Gasteiger partial charge on any atom is 0.135 e. The van der Waals surface area contributed by atoms with E-state index in [2.05, 4.69) is 0 Å². The topological polar surface area (TPSA) is 46.5 Å². The molecule has 0 saturated carbocycles. The van der Waals surface area contributed by atoms with Gasteiger partial charge in [-0.2, -0.15) is 0 Å². The van der Waals surface area contributed by atoms with Gasteiger partial charge in [0.2, 0.25) is 0 Å². The highest BCUT2D eigenvalue weighted by Gasteiger charge is 2.08. The number of benzene rings is 2. The Morgan fingerprint density at radius 1 is 0.789 bits per heavy atom. The summed E-state index contributed by atoms with van der Waals surface area (Å²) in [5.41, 5.74) is 2.61. The predicted molar refractivity (Wildman–Crippen MR) is 73.1 cm³/mol. The minimum Gasteiger partial charge on any atom is -0.508 e. The largest absolute Gasteiger partial charge is 0.508 e. The van der Waals surface area contributed by atoms with Gasteiger partial charge in [-0.3, -0.25) is 0 Å². The van der Waals surface area contributed by atoms with Crippen LogP contribution in [-0.4, -0.2) is 5.11 Å². The lowest BCUT2D eigenvalue weighted by Gasteiger charge is -1.96. The van der Waals surface area contributed by atoms with Crippen LogP contribution < -0.4 is 0 Å². The van der Waals surface area contributed by atoms with Gasteiger partial charge in [0.25, 0.3) is 0 Å². The zero-order valence-corrected chi connectivity index (χ0v) is 9.96. The summed E-state index contributed by atoms with van der Waals surface area (Å²) in [5.74, 6) is 1.02. The van der Waals surface area contributed by atoms with Gasteiger partial charge in [0.05, 0.1) is 6.26 Å². The molecule has 2 aromatic carbocycles. The summed E-state index contributed by atoms with van der Waals surface area (Å²) < 4.78 is 11.1. The van der Waals surface area contributed by atoms with Gasteiger partial charge in [0.1, 0.15) is 22.7 Å². The summed E-state index contributed by atoms with van der Waals surface area (Å²) in [5, 5.41) is 11.4. The van der Waals surface area contributed by atoms with E-state index in [0.717, 1.165) is 33.3 Å². The molecule has 0 bridgehead atoms. The van der Waals surface area contributed by atoms with Crippen LogP contribution in [0, 0.1) is 0 Å². The molecule has 0 spiro atoms. The molecule has 0 radical (unpaired) electrons. The fourth-order valence-electron chi connectivity index (χ4n) is 2.29. The van der Waals surface area contributed by atoms with Crippen molar-refractivity contribution in [3.8, 4) is 17.1 Å². The second-order valence-corrected chi connectivity index (χ2v) is 4.51. The van der Waals surface area contributed by atoms with Crippen LogP contribution in [0.2, 0.25) is 0 Å². The summed E-state index contributed by atoms with van der Waals surface area (Å²) in [7, 11) is 0. The first-order valence-electron chi connectivity index (χ1n) is 6.00. The predicted octanol–water partition coefficient (Wildman–Crippen LogP) is 4.55. The van der Waals surface area contributed by atoms with Gasteiger partial charge in [0.15, 0.2) is 0 Å². The van der Waals surface area contributed by atoms with Crippen LogP contribution in [-0.2, 0) is 0 Å². The molecule has 19 heavy (non-hydrogen) atoms. The zero-order valence-electron chi connectivity index (χ0n) is 9.96. The van der Waals surface area contributed by atoms with Crippen molar-refractivity contribution < 1.29 is 13.9 Å². The lowest BCUT2D eigenvalue weighted by atomic mass is 10.1. The Labute approximate surface area is 108 Å². The van der Waals surface area contributed by atoms with Crippen LogP contribution in [0.1, 0.15) is 0 Å². The molecule has 0 amide bonds. The minimum atomic E-state index is 0.241. The van der Waals surface area contributed by atoms with Crippen molar-refractivity contribution in [2.24, 2.45) is 0 Å². The summed E-state index contributed by atoms with van der Waals surface area (Å²) in [6.45, 7) is 0. The maximum atomic E-state index is 9.47. The summed E-state index contributed by atoms with van der Waals surface area (Å²) in [6.07, 6.45) is 1.67. The number of fused-ring (bicyclic) bond motifs is 2. The van der Waals surface area contributed by atoms with Gasteiger partial charge < -0.3 is 13.9 Å². The van der Waals surface area contributed by atoms with Gasteiger partial charge >= 0.3 is 0 Å². The van der Waals surface area contributed by atoms with Crippen molar-refractivity contribution in [1.29, 1.82) is 0 Å². The number of hydrogen-bond acceptors (Lipinski definition) is 3. The van der Waals surface area contributed by atoms with Crippen LogP contribution in [0.25, 0.3) is 33.3 Å². The van der Waals surface area contributed by atoms with E-state index in [1.807, 2.05) is 30.3 Å². The number of furan rings is 2. The number of hydrogen-bond donors (Lipinski definition) is 1. The highest BCUT2D eigenvalue weighted by atomic mass is 16.3. The zero-order chi connectivity index (χ0) is 12.8. The normalized spacial score (nSPS) is 11.4. The van der Waals surface area contributed by atoms with Crippen LogP contribution in [0.15, 0.2) is 63.6 Å². The quantitative estimate of drug-likeness (QED) is 0.539. The molecule has 1 N–H and O–H groups in total. The van der Waals surface area contributed by atoms with E-state index in [4.69, 9.17) is 8.83 Å². The lowest BCUT2D eigenvalue weighted by Crippen LogP contribution is -1.72. The van der Waals surface area contributed by atoms with E-state index in [0.29, 0.717) is 0 Å². The van der Waals surface area contributed by atoms with Gasteiger partial charge in [-0.1, -0.05) is 0 Å². The van der Waals surface area contributed by atoms with Crippen LogP contribution in [0.5, 0.6) is 5.75 Å². The number of phenolic OH excluding ortho intramolecular Hbond substituents is 1. The molecule has 4 aromatic rings. The Balaban J connectivity index is 1.92. The van der Waals surface area contributed by atoms with Crippen molar-refractivity contribution in [2.75, 3.05) is 0 Å². The molecule has 0 saturated heterocycles. The molecule has 3 nitrogen and oxygen atoms in total. The Morgan fingerprint density at radius 3 is 2.63 bits per heavy atom. The average molecular weight is 250 g/mol. The molecular weight excluding hydrogens is 240 g/mol. The van der Waals surface area contributed by atoms with E-state index in [-0.39, 0.29) is 5.75 Å². The first-order chi connectivity index (χ1) is 9.29. The Kier molecular flexibility index (Phi) is 1.97. The van der Waals surface area contributed by atoms with Crippen molar-refractivity contribution >= 4 is 21.9 Å². The van der Waals surface area contributed by atoms with E-state index in [1.54, 1.807) is 24.5 Å². The third-order valence-electron chi connectivity index (χ3n) is 3.24. The summed E-state index contributed by atoms with van der Waals surface area (Å²) in [6, 6.07) is 14.8. The van der Waals surface area contributed by atoms with Crippen LogP contribution in [0.3, 0.4) is 0 Å². The van der Waals surface area contributed by atoms with Crippen molar-refractivity contribution in [3.05, 3.63) is 54.8 Å². The number of aromatic hydroxyl groups is 1. The Morgan fingerprint density at radius 2 is 1.68 bits per heavy atom. The molecule has 2 heterocycles. The first kappa shape index (κ1) is 10.3. The van der Waals surface area contributed by atoms with Crippen molar-refractivity contribution in [2.45, 2.75) is 0 Å². The molecular formula is C16H10O3. The molecule has 0 aliphatic carbocycles. The van der Waals surface area contributed by atoms with Gasteiger partial charge in [0, 0.05) is 16.3 Å². The van der Waals surface area contributed by atoms with E-state index in [9.17, 15) is 5.11 Å². The SMILES string of the molecule is Oc1ccc2oc(-c3ccc4occc4c3)cc2c1. The molecule has 0 aliphatic rings. The average Bonchev–Trinajstić information content (AvgIpc) is 3.02. The molecule has 0 aliphatic heterocycles. The monoisotopic (exact) mass is 250 g/mol. The molecule has 3 heteroatoms. The highest BCUT2D eigenvalue weighted by molar-refractivity contribution is 5.87. The smallest absolute Gasteiger partial charge is 0.135 e. The van der Waals surface area contributed by atoms with Gasteiger partial charge in [-0.15, -0.1) is 0 Å². The first-order valence-corrected chi connectivity index (χ1v) is 6.00. The van der Waals surface area contributed by atoms with Gasteiger partial charge in [-0.25, -0.2) is 0 Å². The Hall–Kier alpha value is -2.68. The molecule has 0 atom stereocenters. The number of phenols is 1. The molecule has 4 rings (SSSR count). The minimum absolute atomic E-state index is 0.241. The fourth-order valence-corrected chi connectivity index (χ4v) is 2.29. The fraction of sp³-hybridized carbons (Fsp3) is 0. The van der Waals surface area contributed by atoms with E-state index >= 15 is 0 Å². The maximum absolute atomic E-state index is 9.47. The van der Waals surface area contributed by atoms with E-state index in [1.165, 1.54) is 0 Å². The van der Waals surface area contributed by atoms with Crippen molar-refractivity contribution in [1.82, 2.24) is 0 Å². The summed E-state index contributed by atoms with van der Waals surface area (Å²) in [4.78, 5) is 0. The van der Waals surface area contributed by atoms with Crippen molar-refractivity contribution in [3.63, 3.8) is 0 Å². The lowest BCUT2D eigenvalue weighted by molar-refractivity contribution is 0.476. The molecule has 0 unspecified atom stereocenters. The van der Waals surface area contributed by atoms with Crippen LogP contribution in [0.4, 0.5) is 0 Å². The highest BCUT2D eigenvalue weighted by Crippen LogP contribution is 2.31. The summed E-state index contributed by atoms with van der Waals surface area (Å²) >= 11 is 0. The number of rotatable bonds is 1. The molecule has 2 aromatic heterocycles. The van der Waals surface area contributed by atoms with Crippen LogP contribution >= 0.6 is 0 Å². The Bertz CT molecular complexity index is 883. The molecule has 0 fully saturated rings. The third kappa shape index (κ3) is 1.59. The molecule has 92 valence electrons.